The van der Waals surface area contributed by atoms with Gasteiger partial charge in [0.2, 0.25) is 0 Å². The number of hydrogen-bond acceptors (Lipinski definition) is 2. The fraction of sp³-hybridized carbons (Fsp3) is 0.300. The molecule has 0 bridgehead atoms. The predicted octanol–water partition coefficient (Wildman–Crippen LogP) is 2.68. The van der Waals surface area contributed by atoms with Crippen LogP contribution in [0.1, 0.15) is 12.5 Å². The van der Waals surface area contributed by atoms with Gasteiger partial charge < -0.3 is 0 Å². The SMILES string of the molecule is CSc1cccc(CC(C)=O)c1F. The first kappa shape index (κ1) is 10.3. The molecule has 1 nitrogen and oxygen atoms in total. The lowest BCUT2D eigenvalue weighted by atomic mass is 10.1. The van der Waals surface area contributed by atoms with E-state index < -0.39 is 0 Å². The average molecular weight is 198 g/mol. The van der Waals surface area contributed by atoms with Gasteiger partial charge in [-0.3, -0.25) is 4.79 Å². The minimum atomic E-state index is -0.259. The molecule has 0 aliphatic rings. The molecule has 0 amide bonds. The first-order chi connectivity index (χ1) is 6.15. The molecule has 0 fully saturated rings. The van der Waals surface area contributed by atoms with E-state index in [0.717, 1.165) is 0 Å². The normalized spacial score (nSPS) is 10.1. The van der Waals surface area contributed by atoms with Crippen LogP contribution in [-0.2, 0) is 11.2 Å². The Morgan fingerprint density at radius 2 is 2.23 bits per heavy atom. The maximum absolute atomic E-state index is 13.5. The van der Waals surface area contributed by atoms with E-state index in [1.165, 1.54) is 18.7 Å². The number of hydrogen-bond donors (Lipinski definition) is 0. The van der Waals surface area contributed by atoms with Crippen molar-refractivity contribution in [1.82, 2.24) is 0 Å². The highest BCUT2D eigenvalue weighted by molar-refractivity contribution is 7.98. The Labute approximate surface area is 81.3 Å². The summed E-state index contributed by atoms with van der Waals surface area (Å²) in [5.41, 5.74) is 0.486. The zero-order chi connectivity index (χ0) is 9.84. The van der Waals surface area contributed by atoms with Crippen LogP contribution in [0.5, 0.6) is 0 Å². The third-order valence-corrected chi connectivity index (χ3v) is 2.46. The summed E-state index contributed by atoms with van der Waals surface area (Å²) in [5, 5.41) is 0. The molecular weight excluding hydrogens is 187 g/mol. The largest absolute Gasteiger partial charge is 0.300 e. The first-order valence-corrected chi connectivity index (χ1v) is 5.18. The molecule has 0 N–H and O–H groups in total. The van der Waals surface area contributed by atoms with Gasteiger partial charge in [-0.25, -0.2) is 4.39 Å². The minimum absolute atomic E-state index is 0.0165. The number of carbonyl (C=O) groups is 1. The molecule has 0 saturated heterocycles. The van der Waals surface area contributed by atoms with E-state index in [4.69, 9.17) is 0 Å². The Bertz CT molecular complexity index is 323. The van der Waals surface area contributed by atoms with E-state index in [9.17, 15) is 9.18 Å². The molecular formula is C10H11FOS. The molecule has 1 aromatic rings. The van der Waals surface area contributed by atoms with Crippen LogP contribution in [0.25, 0.3) is 0 Å². The van der Waals surface area contributed by atoms with Crippen molar-refractivity contribution in [3.05, 3.63) is 29.6 Å². The lowest BCUT2D eigenvalue weighted by molar-refractivity contribution is -0.116. The second kappa shape index (κ2) is 4.42. The lowest BCUT2D eigenvalue weighted by Crippen LogP contribution is -1.99. The topological polar surface area (TPSA) is 17.1 Å². The van der Waals surface area contributed by atoms with Gasteiger partial charge in [-0.15, -0.1) is 11.8 Å². The Hall–Kier alpha value is -0.830. The van der Waals surface area contributed by atoms with Crippen molar-refractivity contribution < 1.29 is 9.18 Å². The molecule has 0 aromatic heterocycles. The van der Waals surface area contributed by atoms with Gasteiger partial charge in [-0.05, 0) is 24.8 Å². The van der Waals surface area contributed by atoms with Crippen LogP contribution >= 0.6 is 11.8 Å². The third kappa shape index (κ3) is 2.56. The van der Waals surface area contributed by atoms with Crippen molar-refractivity contribution >= 4 is 17.5 Å². The lowest BCUT2D eigenvalue weighted by Gasteiger charge is -2.03. The van der Waals surface area contributed by atoms with E-state index in [1.807, 2.05) is 6.26 Å². The second-order valence-corrected chi connectivity index (χ2v) is 3.66. The molecule has 0 spiro atoms. The van der Waals surface area contributed by atoms with Gasteiger partial charge in [0, 0.05) is 11.3 Å². The number of thioether (sulfide) groups is 1. The number of carbonyl (C=O) groups excluding carboxylic acids is 1. The maximum atomic E-state index is 13.5. The van der Waals surface area contributed by atoms with Crippen molar-refractivity contribution in [1.29, 1.82) is 0 Å². The van der Waals surface area contributed by atoms with Crippen LogP contribution < -0.4 is 0 Å². The highest BCUT2D eigenvalue weighted by Crippen LogP contribution is 2.21. The van der Waals surface area contributed by atoms with Gasteiger partial charge in [0.05, 0.1) is 0 Å². The van der Waals surface area contributed by atoms with Crippen molar-refractivity contribution in [3.8, 4) is 0 Å². The van der Waals surface area contributed by atoms with E-state index in [2.05, 4.69) is 0 Å². The van der Waals surface area contributed by atoms with Crippen LogP contribution in [0.15, 0.2) is 23.1 Å². The van der Waals surface area contributed by atoms with Crippen molar-refractivity contribution in [2.24, 2.45) is 0 Å². The van der Waals surface area contributed by atoms with Gasteiger partial charge in [0.1, 0.15) is 11.6 Å². The number of halogens is 1. The van der Waals surface area contributed by atoms with Crippen LogP contribution in [0.4, 0.5) is 4.39 Å². The zero-order valence-electron chi connectivity index (χ0n) is 7.63. The minimum Gasteiger partial charge on any atom is -0.300 e. The van der Waals surface area contributed by atoms with E-state index in [-0.39, 0.29) is 18.0 Å². The maximum Gasteiger partial charge on any atom is 0.140 e. The summed E-state index contributed by atoms with van der Waals surface area (Å²) in [6.45, 7) is 1.46. The number of Topliss-reactive ketones (excluding diaryl/α,β-unsaturated/α-hetero) is 1. The number of rotatable bonds is 3. The van der Waals surface area contributed by atoms with Crippen molar-refractivity contribution in [2.45, 2.75) is 18.2 Å². The summed E-state index contributed by atoms with van der Waals surface area (Å²) in [4.78, 5) is 11.4. The number of ketones is 1. The Morgan fingerprint density at radius 1 is 1.54 bits per heavy atom. The number of benzene rings is 1. The molecule has 0 atom stereocenters. The van der Waals surface area contributed by atoms with Gasteiger partial charge >= 0.3 is 0 Å². The molecule has 3 heteroatoms. The Morgan fingerprint density at radius 3 is 2.77 bits per heavy atom. The summed E-state index contributed by atoms with van der Waals surface area (Å²) >= 11 is 1.35. The summed E-state index contributed by atoms with van der Waals surface area (Å²) in [6.07, 6.45) is 2.00. The van der Waals surface area contributed by atoms with Crippen molar-refractivity contribution in [2.75, 3.05) is 6.26 Å². The van der Waals surface area contributed by atoms with E-state index >= 15 is 0 Å². The van der Waals surface area contributed by atoms with Crippen molar-refractivity contribution in [3.63, 3.8) is 0 Å². The average Bonchev–Trinajstić information content (AvgIpc) is 2.08. The standard InChI is InChI=1S/C10H11FOS/c1-7(12)6-8-4-3-5-9(13-2)10(8)11/h3-5H,6H2,1-2H3. The zero-order valence-corrected chi connectivity index (χ0v) is 8.45. The first-order valence-electron chi connectivity index (χ1n) is 3.96. The molecule has 0 aliphatic heterocycles. The summed E-state index contributed by atoms with van der Waals surface area (Å²) in [6, 6.07) is 5.13. The predicted molar refractivity (Wildman–Crippen MR) is 52.6 cm³/mol. The smallest absolute Gasteiger partial charge is 0.140 e. The Balaban J connectivity index is 3.01. The molecule has 0 unspecified atom stereocenters. The fourth-order valence-electron chi connectivity index (χ4n) is 1.12. The highest BCUT2D eigenvalue weighted by Gasteiger charge is 2.08. The molecule has 1 rings (SSSR count). The summed E-state index contributed by atoms with van der Waals surface area (Å²) in [7, 11) is 0. The van der Waals surface area contributed by atoms with Gasteiger partial charge in [-0.1, -0.05) is 12.1 Å². The van der Waals surface area contributed by atoms with Crippen LogP contribution in [-0.4, -0.2) is 12.0 Å². The molecule has 0 heterocycles. The highest BCUT2D eigenvalue weighted by atomic mass is 32.2. The molecule has 70 valence electrons. The fourth-order valence-corrected chi connectivity index (χ4v) is 1.64. The van der Waals surface area contributed by atoms with Gasteiger partial charge in [0.15, 0.2) is 0 Å². The molecule has 0 saturated carbocycles. The third-order valence-electron chi connectivity index (χ3n) is 1.70. The molecule has 13 heavy (non-hydrogen) atoms. The van der Waals surface area contributed by atoms with E-state index in [1.54, 1.807) is 18.2 Å². The van der Waals surface area contributed by atoms with Crippen LogP contribution in [0.2, 0.25) is 0 Å². The molecule has 1 aromatic carbocycles. The van der Waals surface area contributed by atoms with Crippen LogP contribution in [0, 0.1) is 5.82 Å². The van der Waals surface area contributed by atoms with Crippen LogP contribution in [0.3, 0.4) is 0 Å². The Kier molecular flexibility index (Phi) is 3.48. The molecule has 0 radical (unpaired) electrons. The van der Waals surface area contributed by atoms with Gasteiger partial charge in [0.25, 0.3) is 0 Å². The summed E-state index contributed by atoms with van der Waals surface area (Å²) in [5.74, 6) is -0.276. The summed E-state index contributed by atoms with van der Waals surface area (Å²) < 4.78 is 13.5. The van der Waals surface area contributed by atoms with Gasteiger partial charge in [-0.2, -0.15) is 0 Å². The second-order valence-electron chi connectivity index (χ2n) is 2.81. The van der Waals surface area contributed by atoms with E-state index in [0.29, 0.717) is 10.5 Å². The monoisotopic (exact) mass is 198 g/mol. The molecule has 0 aliphatic carbocycles. The quantitative estimate of drug-likeness (QED) is 0.694.